The van der Waals surface area contributed by atoms with Crippen LogP contribution >= 0.6 is 91.2 Å². The Morgan fingerprint density at radius 3 is 1.05 bits per heavy atom. The number of aliphatic hydroxyl groups excluding tert-OH is 1. The number of carbonyl (C=O) groups is 7. The molecule has 1 fully saturated rings. The maximum Gasteiger partial charge on any atom is 1.00 e. The number of carbonyl (C=O) groups excluding carboxylic acids is 7. The molecule has 6 heterocycles. The summed E-state index contributed by atoms with van der Waals surface area (Å²) < 4.78 is 39.6. The minimum Gasteiger partial charge on any atom is 1.00 e. The van der Waals surface area contributed by atoms with Crippen LogP contribution < -0.4 is 21.9 Å². The van der Waals surface area contributed by atoms with Crippen molar-refractivity contribution in [2.45, 2.75) is 162 Å². The van der Waals surface area contributed by atoms with E-state index in [1.807, 2.05) is 266 Å². The number of ether oxygens (including phenoxy) is 6. The van der Waals surface area contributed by atoms with Crippen molar-refractivity contribution in [3.63, 3.8) is 0 Å². The number of allylic oxidation sites excluding steroid dienone is 8. The number of alkyl halides is 2. The number of halogens is 2. The molecule has 12 aromatic rings. The predicted molar refractivity (Wildman–Crippen MR) is 601 cm³/mol. The number of hydrogen-bond donors (Lipinski definition) is 8. The van der Waals surface area contributed by atoms with Crippen LogP contribution in [-0.4, -0.2) is 176 Å². The van der Waals surface area contributed by atoms with Gasteiger partial charge in [-0.2, -0.15) is 0 Å². The molecule has 0 saturated heterocycles. The molecule has 30 nitrogen and oxygen atoms in total. The molecule has 148 heavy (non-hydrogen) atoms. The van der Waals surface area contributed by atoms with E-state index in [4.69, 9.17) is 93.3 Å². The van der Waals surface area contributed by atoms with E-state index in [-0.39, 0.29) is 83.7 Å². The van der Waals surface area contributed by atoms with Gasteiger partial charge in [-0.05, 0) is 111 Å². The summed E-state index contributed by atoms with van der Waals surface area (Å²) >= 11 is 18.7. The Balaban J connectivity index is 0.000000304. The van der Waals surface area contributed by atoms with E-state index in [1.54, 1.807) is 57.9 Å². The number of nitrogen functional groups attached to an aromatic ring is 2. The fourth-order valence-electron chi connectivity index (χ4n) is 14.6. The van der Waals surface area contributed by atoms with Crippen LogP contribution in [0.1, 0.15) is 183 Å². The topological polar surface area (TPSA) is 455 Å². The summed E-state index contributed by atoms with van der Waals surface area (Å²) in [6.07, 6.45) is 22.1. The largest absolute Gasteiger partial charge is 1.00 e. The van der Waals surface area contributed by atoms with Crippen molar-refractivity contribution in [3.05, 3.63) is 330 Å². The quantitative estimate of drug-likeness (QED) is 0.00369. The molecule has 16 rings (SSSR count). The number of benzene rings is 6. The first-order valence-corrected chi connectivity index (χ1v) is 53.0. The summed E-state index contributed by atoms with van der Waals surface area (Å²) in [5.41, 5.74) is 20.4. The van der Waals surface area contributed by atoms with Crippen LogP contribution in [-0.2, 0) is 101 Å². The molecule has 41 heteroatoms. The van der Waals surface area contributed by atoms with Crippen molar-refractivity contribution < 1.29 is 83.3 Å². The standard InChI is InChI=1S/C24H22N2O2S.C20H18N2O2S.C13H11N.C12H17BN2O4S.C12H17BN2O3S.C11H14N2O2S.C7H10N2O2S.C4H6Cl2.C2HBO2.2CH4/c1-2-28-22(27)24(15-9-10-16-24)20-17-29-23(25-20)26-21(18-11-5-3-6-12-18)19-13-7-4-8-14-19;1-2-24-18(23)13-17-14-25-20(21-17)22-19(15-9-5-3-6-10-15)16-11-7-4-8-12-16;14-13(11-7-3-1-4-8-11)12-9-5-2-6-10-12;1-3-19-10(17)12(5-4-8(16)6-12)9-7-20-11(14-9)15-13(2)18;1-3-18-10(16)12(6-4-5-7-12)9-8-19-11(14-9)15-13(2)17;1-2-15-9(14)11(5-3-4-6-11)8-7-16-10(12)13-8;1-2-11-6(10)3-5-4-12-7(8)9-5;5-3-1-2-4-6;4-2-1-3-5;;/h3-14,17H,2,15-16H2,1H3;3-12,14H,2,13H2,1H3;1-10,14H;7,18H,3-6H2,1-2H3,(H,14,15);4-5,8,17H,3,6-7H2,1-2H3,(H,14,15);3-4,7H,2,5-6H2,1H3,(H2,12,13);4H,2-3H2,1H3,(H2,8,9);1-2H,3-4H2;4H;2*1H4/p+1/b;;;;;;;2-1-;;;. The summed E-state index contributed by atoms with van der Waals surface area (Å²) in [5, 5.41) is 54.0. The van der Waals surface area contributed by atoms with Crippen LogP contribution in [0.5, 0.6) is 0 Å². The molecule has 1 unspecified atom stereocenters. The van der Waals surface area contributed by atoms with Crippen LogP contribution in [0.25, 0.3) is 0 Å². The zero-order valence-electron chi connectivity index (χ0n) is 83.1. The van der Waals surface area contributed by atoms with Crippen LogP contribution in [0.2, 0.25) is 13.6 Å². The van der Waals surface area contributed by atoms with Gasteiger partial charge in [-0.25, -0.2) is 39.9 Å². The van der Waals surface area contributed by atoms with Crippen molar-refractivity contribution in [1.29, 1.82) is 5.41 Å². The van der Waals surface area contributed by atoms with E-state index < -0.39 is 35.8 Å². The summed E-state index contributed by atoms with van der Waals surface area (Å²) in [4.78, 5) is 119. The normalized spacial score (nSPS) is 13.8. The summed E-state index contributed by atoms with van der Waals surface area (Å²) in [5.74, 6) is 1.35. The number of hydrogen-bond acceptors (Lipinski definition) is 36. The number of thiazole rings is 6. The molecular formula is C107H125B3Cl2N13O17S6+. The molecule has 0 amide bonds. The molecule has 6 aromatic heterocycles. The van der Waals surface area contributed by atoms with E-state index in [2.05, 4.69) is 35.4 Å². The minimum atomic E-state index is -0.956. The number of nitrogens with zero attached hydrogens (tertiary/aromatic N) is 8. The molecule has 1 atom stereocenters. The minimum absolute atomic E-state index is 0. The maximum absolute atomic E-state index is 12.7. The molecule has 0 spiro atoms. The monoisotopic (exact) mass is 2160 g/mol. The number of nitrogens with two attached hydrogens (primary N) is 2. The van der Waals surface area contributed by atoms with Gasteiger partial charge in [0.25, 0.3) is 0 Å². The van der Waals surface area contributed by atoms with Crippen molar-refractivity contribution in [2.75, 3.05) is 73.3 Å². The number of nitrogens with one attached hydrogen (secondary N) is 3. The van der Waals surface area contributed by atoms with Crippen LogP contribution in [0.4, 0.5) is 30.8 Å². The Morgan fingerprint density at radius 1 is 0.446 bits per heavy atom. The molecule has 778 valence electrons. The Bertz CT molecular complexity index is 6240. The number of esters is 6. The fourth-order valence-corrected chi connectivity index (χ4v) is 19.3. The van der Waals surface area contributed by atoms with Gasteiger partial charge in [0.2, 0.25) is 10.3 Å². The second-order valence-corrected chi connectivity index (χ2v) is 37.6. The molecule has 0 radical (unpaired) electrons. The predicted octanol–water partition coefficient (Wildman–Crippen LogP) is 21.5. The molecule has 4 aliphatic carbocycles. The van der Waals surface area contributed by atoms with Crippen molar-refractivity contribution in [2.24, 2.45) is 9.98 Å². The van der Waals surface area contributed by atoms with Gasteiger partial charge in [-0.15, -0.1) is 91.2 Å². The van der Waals surface area contributed by atoms with Gasteiger partial charge in [0, 0.05) is 79.1 Å². The Hall–Kier alpha value is -13.4. The maximum atomic E-state index is 12.7. The molecule has 0 aliphatic heterocycles. The Morgan fingerprint density at radius 2 is 0.743 bits per heavy atom. The molecular weight excluding hydrogens is 2030 g/mol. The van der Waals surface area contributed by atoms with Gasteiger partial charge in [0.05, 0.1) is 104 Å². The first kappa shape index (κ1) is 123. The van der Waals surface area contributed by atoms with Gasteiger partial charge >= 0.3 is 80.2 Å². The smallest absolute Gasteiger partial charge is 1.00 e. The molecule has 10 N–H and O–H groups in total. The van der Waals surface area contributed by atoms with Crippen LogP contribution in [0, 0.1) is 17.3 Å². The number of Topliss-reactive ketones (excluding diaryl/α,β-unsaturated/α-hetero) is 1. The molecule has 6 aromatic carbocycles. The van der Waals surface area contributed by atoms with E-state index in [0.29, 0.717) is 163 Å². The first-order chi connectivity index (χ1) is 70.7. The van der Waals surface area contributed by atoms with Gasteiger partial charge < -0.3 is 60.4 Å². The third-order valence-corrected chi connectivity index (χ3v) is 26.3. The number of aliphatic hydroxyl groups is 1. The van der Waals surface area contributed by atoms with Crippen LogP contribution in [0.3, 0.4) is 0 Å². The number of aliphatic imine (C=N–C) groups is 2. The molecule has 4 aliphatic rings. The van der Waals surface area contributed by atoms with Gasteiger partial charge in [0.15, 0.2) is 20.5 Å². The third kappa shape index (κ3) is 38.1. The van der Waals surface area contributed by atoms with E-state index in [0.717, 1.165) is 56.2 Å². The number of aromatic nitrogens is 6. The van der Waals surface area contributed by atoms with E-state index in [9.17, 15) is 43.6 Å². The first-order valence-electron chi connectivity index (χ1n) is 46.7. The number of rotatable bonds is 32. The van der Waals surface area contributed by atoms with Gasteiger partial charge in [-0.3, -0.25) is 39.0 Å². The third-order valence-electron chi connectivity index (χ3n) is 21.5. The van der Waals surface area contributed by atoms with E-state index >= 15 is 0 Å². The number of ketones is 1. The summed E-state index contributed by atoms with van der Waals surface area (Å²) in [7, 11) is -1.07. The summed E-state index contributed by atoms with van der Waals surface area (Å²) in [6, 6.07) is 59.7. The average molecular weight is 2160 g/mol. The van der Waals surface area contributed by atoms with E-state index in [1.165, 1.54) is 74.1 Å². The zero-order chi connectivity index (χ0) is 106. The second-order valence-electron chi connectivity index (χ2n) is 31.8. The van der Waals surface area contributed by atoms with Gasteiger partial charge in [0.1, 0.15) is 27.4 Å². The molecule has 0 bridgehead atoms. The fraction of sp³-hybridized carbons (Fsp3) is 0.308. The number of anilines is 4. The molecule has 1 saturated carbocycles. The van der Waals surface area contributed by atoms with Crippen molar-refractivity contribution >= 4 is 202 Å². The second kappa shape index (κ2) is 66.1. The van der Waals surface area contributed by atoms with Crippen molar-refractivity contribution in [3.8, 4) is 11.9 Å². The Labute approximate surface area is 901 Å². The summed E-state index contributed by atoms with van der Waals surface area (Å²) in [6.45, 7) is 16.1. The average Bonchev–Trinajstić information content (AvgIpc) is 1.58. The Kier molecular flexibility index (Phi) is 55.0. The van der Waals surface area contributed by atoms with Gasteiger partial charge in [-0.1, -0.05) is 245 Å². The van der Waals surface area contributed by atoms with Crippen molar-refractivity contribution in [1.82, 2.24) is 29.9 Å². The SMILES string of the molecule is C.C.CCOC(=O)C1(c2csc(N)n2)CC=CC1.CCOC(=O)C1(c2csc(N=C(c3ccccc3)c3ccccc3)n2)CC=CC1.CCOC(=O)C1(c2csc(NB(C)O)n2)CC=CC1.CCOC(=O)C1(c2csc(NB(C)O)n2)CCC(=O)C1.CCOC(=O)Cc1csc(N)n1.CCOC(=O)Cc1csc(N=C(c2ccccc2)c2ccccc2)n1.ClC/C=C\CCl.N=C(c1ccccc1)c1ccccc1.O=BC#CO.[H+]. The zero-order valence-corrected chi connectivity index (χ0v) is 88.5. The van der Waals surface area contributed by atoms with Crippen LogP contribution in [0.15, 0.2) is 273 Å².